The summed E-state index contributed by atoms with van der Waals surface area (Å²) in [5, 5.41) is 5.54. The zero-order valence-corrected chi connectivity index (χ0v) is 13.6. The summed E-state index contributed by atoms with van der Waals surface area (Å²) in [5.74, 6) is 0.351. The summed E-state index contributed by atoms with van der Waals surface area (Å²) < 4.78 is 11.1. The monoisotopic (exact) mass is 337 g/mol. The highest BCUT2D eigenvalue weighted by molar-refractivity contribution is 6.09. The van der Waals surface area contributed by atoms with Crippen LogP contribution in [-0.4, -0.2) is 22.9 Å². The lowest BCUT2D eigenvalue weighted by molar-refractivity contribution is -0.122. The normalized spacial score (nSPS) is 16.1. The molecule has 0 saturated heterocycles. The number of rotatable bonds is 2. The number of hydrogen-bond donors (Lipinski definition) is 2. The molecule has 1 aromatic heterocycles. The van der Waals surface area contributed by atoms with Crippen molar-refractivity contribution in [3.05, 3.63) is 47.9 Å². The van der Waals surface area contributed by atoms with Gasteiger partial charge >= 0.3 is 0 Å². The van der Waals surface area contributed by atoms with E-state index >= 15 is 0 Å². The van der Waals surface area contributed by atoms with E-state index in [1.165, 1.54) is 0 Å². The third-order valence-electron chi connectivity index (χ3n) is 3.93. The Morgan fingerprint density at radius 2 is 2.12 bits per heavy atom. The molecule has 25 heavy (non-hydrogen) atoms. The fourth-order valence-corrected chi connectivity index (χ4v) is 2.72. The van der Waals surface area contributed by atoms with Crippen LogP contribution in [0.1, 0.15) is 23.2 Å². The smallest absolute Gasteiger partial charge is 0.265 e. The number of carbonyl (C=O) groups excluding carboxylic acids is 2. The van der Waals surface area contributed by atoms with Gasteiger partial charge in [-0.3, -0.25) is 9.59 Å². The number of ether oxygens (including phenoxy) is 1. The number of anilines is 2. The van der Waals surface area contributed by atoms with Crippen molar-refractivity contribution in [2.45, 2.75) is 20.0 Å². The Hall–Kier alpha value is -3.35. The van der Waals surface area contributed by atoms with E-state index in [1.54, 1.807) is 50.2 Å². The van der Waals surface area contributed by atoms with E-state index in [2.05, 4.69) is 15.6 Å². The largest absolute Gasteiger partial charge is 0.478 e. The van der Waals surface area contributed by atoms with E-state index in [1.807, 2.05) is 0 Å². The highest BCUT2D eigenvalue weighted by atomic mass is 16.5. The fourth-order valence-electron chi connectivity index (χ4n) is 2.72. The maximum Gasteiger partial charge on any atom is 0.265 e. The average Bonchev–Trinajstić information content (AvgIpc) is 2.94. The van der Waals surface area contributed by atoms with Crippen molar-refractivity contribution < 1.29 is 18.7 Å². The molecule has 2 amide bonds. The minimum Gasteiger partial charge on any atom is -0.478 e. The Morgan fingerprint density at radius 3 is 2.96 bits per heavy atom. The Kier molecular flexibility index (Phi) is 3.42. The predicted molar refractivity (Wildman–Crippen MR) is 91.9 cm³/mol. The fraction of sp³-hybridized carbons (Fsp3) is 0.167. The highest BCUT2D eigenvalue weighted by Crippen LogP contribution is 2.33. The predicted octanol–water partition coefficient (Wildman–Crippen LogP) is 3.11. The third-order valence-corrected chi connectivity index (χ3v) is 3.93. The number of nitrogens with one attached hydrogen (secondary N) is 2. The number of amides is 2. The van der Waals surface area contributed by atoms with Gasteiger partial charge in [0.05, 0.1) is 11.3 Å². The van der Waals surface area contributed by atoms with Crippen LogP contribution in [0.4, 0.5) is 11.4 Å². The third kappa shape index (κ3) is 2.69. The zero-order valence-electron chi connectivity index (χ0n) is 13.6. The first-order valence-corrected chi connectivity index (χ1v) is 7.80. The second-order valence-corrected chi connectivity index (χ2v) is 5.80. The number of carbonyl (C=O) groups is 2. The maximum absolute atomic E-state index is 12.7. The highest BCUT2D eigenvalue weighted by Gasteiger charge is 2.27. The van der Waals surface area contributed by atoms with Crippen molar-refractivity contribution in [2.75, 3.05) is 10.6 Å². The van der Waals surface area contributed by atoms with Crippen molar-refractivity contribution >= 4 is 34.3 Å². The minimum absolute atomic E-state index is 0.240. The van der Waals surface area contributed by atoms with Crippen LogP contribution >= 0.6 is 0 Å². The number of aryl methyl sites for hydroxylation is 1. The molecule has 1 atom stereocenters. The number of nitrogens with zero attached hydrogens (tertiary/aromatic N) is 1. The van der Waals surface area contributed by atoms with Crippen molar-refractivity contribution in [3.8, 4) is 5.75 Å². The minimum atomic E-state index is -0.657. The van der Waals surface area contributed by atoms with Gasteiger partial charge in [-0.15, -0.1) is 0 Å². The molecule has 0 aliphatic carbocycles. The second kappa shape index (κ2) is 5.62. The molecule has 0 radical (unpaired) electrons. The summed E-state index contributed by atoms with van der Waals surface area (Å²) in [7, 11) is 0. The van der Waals surface area contributed by atoms with Crippen LogP contribution in [-0.2, 0) is 4.79 Å². The van der Waals surface area contributed by atoms with Crippen LogP contribution in [0.15, 0.2) is 40.8 Å². The first-order valence-electron chi connectivity index (χ1n) is 7.80. The molecule has 1 aliphatic heterocycles. The Morgan fingerprint density at radius 1 is 1.28 bits per heavy atom. The van der Waals surface area contributed by atoms with Crippen molar-refractivity contribution in [2.24, 2.45) is 0 Å². The molecule has 0 bridgehead atoms. The van der Waals surface area contributed by atoms with Crippen LogP contribution in [0.5, 0.6) is 5.75 Å². The Labute approximate surface area is 143 Å². The first kappa shape index (κ1) is 15.2. The van der Waals surface area contributed by atoms with E-state index in [0.29, 0.717) is 34.2 Å². The standard InChI is InChI=1S/C18H15N3O4/c1-9-17(22)21-14-5-3-4-12(16(14)24-9)18(23)20-11-6-7-13-15(8-11)25-10(2)19-13/h3-9H,1-2H3,(H,20,23)(H,21,22)/t9-/m0/s1. The lowest BCUT2D eigenvalue weighted by atomic mass is 10.1. The van der Waals surface area contributed by atoms with E-state index in [0.717, 1.165) is 5.52 Å². The molecule has 0 fully saturated rings. The topological polar surface area (TPSA) is 93.5 Å². The number of oxazole rings is 1. The molecule has 1 aliphatic rings. The van der Waals surface area contributed by atoms with Crippen LogP contribution in [0.2, 0.25) is 0 Å². The second-order valence-electron chi connectivity index (χ2n) is 5.80. The molecule has 2 N–H and O–H groups in total. The molecule has 2 heterocycles. The zero-order chi connectivity index (χ0) is 17.6. The van der Waals surface area contributed by atoms with Gasteiger partial charge in [-0.25, -0.2) is 4.98 Å². The number of hydrogen-bond acceptors (Lipinski definition) is 5. The van der Waals surface area contributed by atoms with Crippen LogP contribution in [0, 0.1) is 6.92 Å². The lowest BCUT2D eigenvalue weighted by Crippen LogP contribution is -2.35. The molecule has 126 valence electrons. The molecule has 4 rings (SSSR count). The van der Waals surface area contributed by atoms with Crippen LogP contribution in [0.3, 0.4) is 0 Å². The molecule has 0 spiro atoms. The van der Waals surface area contributed by atoms with Gasteiger partial charge < -0.3 is 19.8 Å². The molecule has 7 heteroatoms. The van der Waals surface area contributed by atoms with Crippen LogP contribution < -0.4 is 15.4 Å². The lowest BCUT2D eigenvalue weighted by Gasteiger charge is -2.25. The summed E-state index contributed by atoms with van der Waals surface area (Å²) in [5.41, 5.74) is 2.74. The van der Waals surface area contributed by atoms with E-state index in [4.69, 9.17) is 9.15 Å². The molecule has 7 nitrogen and oxygen atoms in total. The van der Waals surface area contributed by atoms with Gasteiger partial charge in [-0.2, -0.15) is 0 Å². The molecule has 3 aromatic rings. The maximum atomic E-state index is 12.7. The van der Waals surface area contributed by atoms with Crippen molar-refractivity contribution in [3.63, 3.8) is 0 Å². The number of fused-ring (bicyclic) bond motifs is 2. The number of benzene rings is 2. The summed E-state index contributed by atoms with van der Waals surface area (Å²) in [6, 6.07) is 10.3. The van der Waals surface area contributed by atoms with Crippen molar-refractivity contribution in [1.29, 1.82) is 0 Å². The average molecular weight is 337 g/mol. The SMILES string of the molecule is Cc1nc2ccc(NC(=O)c3cccc4c3O[C@@H](C)C(=O)N4)cc2o1. The molecule has 2 aromatic carbocycles. The van der Waals surface area contributed by atoms with Crippen LogP contribution in [0.25, 0.3) is 11.1 Å². The molecular weight excluding hydrogens is 322 g/mol. The van der Waals surface area contributed by atoms with Crippen molar-refractivity contribution in [1.82, 2.24) is 4.98 Å². The van der Waals surface area contributed by atoms with Gasteiger partial charge in [0.2, 0.25) is 0 Å². The van der Waals surface area contributed by atoms with Gasteiger partial charge in [0.15, 0.2) is 23.3 Å². The quantitative estimate of drug-likeness (QED) is 0.749. The van der Waals surface area contributed by atoms with Gasteiger partial charge in [0, 0.05) is 18.7 Å². The Balaban J connectivity index is 1.64. The molecule has 0 unspecified atom stereocenters. The molecule has 0 saturated carbocycles. The Bertz CT molecular complexity index is 1010. The number of aromatic nitrogens is 1. The van der Waals surface area contributed by atoms with E-state index in [-0.39, 0.29) is 11.8 Å². The number of para-hydroxylation sites is 1. The van der Waals surface area contributed by atoms with E-state index < -0.39 is 6.10 Å². The van der Waals surface area contributed by atoms with Gasteiger partial charge in [-0.05, 0) is 31.2 Å². The van der Waals surface area contributed by atoms with E-state index in [9.17, 15) is 9.59 Å². The van der Waals surface area contributed by atoms with Gasteiger partial charge in [0.25, 0.3) is 11.8 Å². The first-order chi connectivity index (χ1) is 12.0. The summed E-state index contributed by atoms with van der Waals surface area (Å²) >= 11 is 0. The summed E-state index contributed by atoms with van der Waals surface area (Å²) in [6.45, 7) is 3.40. The van der Waals surface area contributed by atoms with Gasteiger partial charge in [0.1, 0.15) is 5.52 Å². The molecular formula is C18H15N3O4. The summed E-state index contributed by atoms with van der Waals surface area (Å²) in [6.07, 6.45) is -0.657. The summed E-state index contributed by atoms with van der Waals surface area (Å²) in [4.78, 5) is 28.6. The van der Waals surface area contributed by atoms with Gasteiger partial charge in [-0.1, -0.05) is 6.07 Å².